The maximum Gasteiger partial charge on any atom is 0.0653 e. The quantitative estimate of drug-likeness (QED) is 0.656. The van der Waals surface area contributed by atoms with Crippen LogP contribution in [-0.2, 0) is 12.0 Å². The van der Waals surface area contributed by atoms with Crippen molar-refractivity contribution in [3.05, 3.63) is 53.7 Å². The SMILES string of the molecule is CC(C)(N)c1ccc(-c2ccc3[nH]ncc3c2CCO)cc1.Cl.Cl. The Bertz CT molecular complexity index is 792. The first-order valence-electron chi connectivity index (χ1n) is 7.46. The van der Waals surface area contributed by atoms with Crippen LogP contribution in [0.5, 0.6) is 0 Å². The Labute approximate surface area is 154 Å². The molecule has 0 unspecified atom stereocenters. The number of aliphatic hydroxyl groups excluding tert-OH is 1. The van der Waals surface area contributed by atoms with Gasteiger partial charge in [0, 0.05) is 17.5 Å². The van der Waals surface area contributed by atoms with Crippen molar-refractivity contribution in [3.63, 3.8) is 0 Å². The van der Waals surface area contributed by atoms with E-state index in [-0.39, 0.29) is 37.0 Å². The Hall–Kier alpha value is -1.59. The van der Waals surface area contributed by atoms with Crippen LogP contribution in [0.25, 0.3) is 22.0 Å². The Kier molecular flexibility index (Phi) is 6.81. The highest BCUT2D eigenvalue weighted by atomic mass is 35.5. The van der Waals surface area contributed by atoms with Crippen molar-refractivity contribution in [2.45, 2.75) is 25.8 Å². The minimum Gasteiger partial charge on any atom is -0.396 e. The van der Waals surface area contributed by atoms with Crippen molar-refractivity contribution in [2.24, 2.45) is 5.73 Å². The first-order chi connectivity index (χ1) is 10.5. The van der Waals surface area contributed by atoms with Gasteiger partial charge in [-0.1, -0.05) is 30.3 Å². The van der Waals surface area contributed by atoms with E-state index < -0.39 is 0 Å². The van der Waals surface area contributed by atoms with E-state index in [1.165, 1.54) is 0 Å². The molecule has 0 aliphatic rings. The summed E-state index contributed by atoms with van der Waals surface area (Å²) >= 11 is 0. The second kappa shape index (κ2) is 7.99. The number of hydrogen-bond acceptors (Lipinski definition) is 3. The molecule has 4 N–H and O–H groups in total. The van der Waals surface area contributed by atoms with E-state index in [4.69, 9.17) is 5.73 Å². The third-order valence-corrected chi connectivity index (χ3v) is 4.04. The zero-order valence-corrected chi connectivity index (χ0v) is 15.4. The number of aromatic amines is 1. The average molecular weight is 368 g/mol. The third-order valence-electron chi connectivity index (χ3n) is 4.04. The van der Waals surface area contributed by atoms with Crippen molar-refractivity contribution in [2.75, 3.05) is 6.61 Å². The predicted octanol–water partition coefficient (Wildman–Crippen LogP) is 3.80. The molecule has 0 atom stereocenters. The molecule has 4 nitrogen and oxygen atoms in total. The van der Waals surface area contributed by atoms with Crippen LogP contribution in [0.15, 0.2) is 42.6 Å². The molecule has 0 aliphatic heterocycles. The van der Waals surface area contributed by atoms with Crippen molar-refractivity contribution in [1.29, 1.82) is 0 Å². The summed E-state index contributed by atoms with van der Waals surface area (Å²) in [6.07, 6.45) is 2.43. The van der Waals surface area contributed by atoms with Gasteiger partial charge in [-0.25, -0.2) is 0 Å². The van der Waals surface area contributed by atoms with Gasteiger partial charge >= 0.3 is 0 Å². The third kappa shape index (κ3) is 3.90. The number of rotatable bonds is 4. The van der Waals surface area contributed by atoms with Gasteiger partial charge in [-0.3, -0.25) is 5.10 Å². The zero-order valence-electron chi connectivity index (χ0n) is 13.7. The molecule has 0 saturated heterocycles. The molecule has 0 bridgehead atoms. The summed E-state index contributed by atoms with van der Waals surface area (Å²) in [5, 5.41) is 17.5. The number of nitrogens with two attached hydrogens (primary N) is 1. The van der Waals surface area contributed by atoms with Crippen LogP contribution in [0.3, 0.4) is 0 Å². The van der Waals surface area contributed by atoms with Crippen LogP contribution >= 0.6 is 24.8 Å². The number of aromatic nitrogens is 2. The Morgan fingerprint density at radius 1 is 1.08 bits per heavy atom. The number of fused-ring (bicyclic) bond motifs is 1. The van der Waals surface area contributed by atoms with Crippen molar-refractivity contribution >= 4 is 35.7 Å². The predicted molar refractivity (Wildman–Crippen MR) is 104 cm³/mol. The normalized spacial score (nSPS) is 11.0. The fraction of sp³-hybridized carbons (Fsp3) is 0.278. The van der Waals surface area contributed by atoms with Gasteiger partial charge in [0.25, 0.3) is 0 Å². The van der Waals surface area contributed by atoms with Gasteiger partial charge in [0.15, 0.2) is 0 Å². The van der Waals surface area contributed by atoms with E-state index in [1.807, 2.05) is 26.1 Å². The Morgan fingerprint density at radius 3 is 2.33 bits per heavy atom. The molecule has 0 fully saturated rings. The van der Waals surface area contributed by atoms with Crippen LogP contribution in [-0.4, -0.2) is 21.9 Å². The van der Waals surface area contributed by atoms with Gasteiger partial charge in [0.05, 0.1) is 11.7 Å². The molecule has 3 rings (SSSR count). The topological polar surface area (TPSA) is 74.9 Å². The standard InChI is InChI=1S/C18H21N3O.2ClH/c1-18(2,19)13-5-3-12(4-6-13)14-7-8-17-16(11-20-21-17)15(14)9-10-22;;/h3-8,11,22H,9-10,19H2,1-2H3,(H,20,21);2*1H. The van der Waals surface area contributed by atoms with Crippen molar-refractivity contribution in [1.82, 2.24) is 10.2 Å². The fourth-order valence-corrected chi connectivity index (χ4v) is 2.81. The van der Waals surface area contributed by atoms with E-state index in [0.29, 0.717) is 6.42 Å². The number of H-pyrrole nitrogens is 1. The van der Waals surface area contributed by atoms with Crippen molar-refractivity contribution in [3.8, 4) is 11.1 Å². The van der Waals surface area contributed by atoms with Gasteiger partial charge in [0.1, 0.15) is 0 Å². The number of nitrogens with zero attached hydrogens (tertiary/aromatic N) is 1. The minimum absolute atomic E-state index is 0. The number of halogens is 2. The van der Waals surface area contributed by atoms with Crippen LogP contribution in [0, 0.1) is 0 Å². The lowest BCUT2D eigenvalue weighted by Crippen LogP contribution is -2.28. The highest BCUT2D eigenvalue weighted by Crippen LogP contribution is 2.31. The van der Waals surface area contributed by atoms with E-state index in [9.17, 15) is 5.11 Å². The molecule has 3 aromatic rings. The van der Waals surface area contributed by atoms with Gasteiger partial charge < -0.3 is 10.8 Å². The van der Waals surface area contributed by atoms with Crippen molar-refractivity contribution < 1.29 is 5.11 Å². The monoisotopic (exact) mass is 367 g/mol. The van der Waals surface area contributed by atoms with Gasteiger partial charge in [-0.2, -0.15) is 5.10 Å². The summed E-state index contributed by atoms with van der Waals surface area (Å²) in [7, 11) is 0. The lowest BCUT2D eigenvalue weighted by atomic mass is 9.91. The average Bonchev–Trinajstić information content (AvgIpc) is 2.96. The summed E-state index contributed by atoms with van der Waals surface area (Å²) in [6, 6.07) is 12.4. The summed E-state index contributed by atoms with van der Waals surface area (Å²) in [6.45, 7) is 4.11. The molecule has 1 aromatic heterocycles. The molecule has 0 saturated carbocycles. The van der Waals surface area contributed by atoms with Crippen LogP contribution in [0.1, 0.15) is 25.0 Å². The molecule has 1 heterocycles. The lowest BCUT2D eigenvalue weighted by molar-refractivity contribution is 0.300. The summed E-state index contributed by atoms with van der Waals surface area (Å²) in [4.78, 5) is 0. The minimum atomic E-state index is -0.346. The maximum atomic E-state index is 9.39. The molecule has 0 amide bonds. The van der Waals surface area contributed by atoms with Crippen LogP contribution in [0.4, 0.5) is 0 Å². The highest BCUT2D eigenvalue weighted by molar-refractivity contribution is 5.89. The molecular weight excluding hydrogens is 345 g/mol. The molecule has 0 radical (unpaired) electrons. The first-order valence-corrected chi connectivity index (χ1v) is 7.46. The zero-order chi connectivity index (χ0) is 15.7. The van der Waals surface area contributed by atoms with Gasteiger partial charge in [-0.15, -0.1) is 24.8 Å². The second-order valence-electron chi connectivity index (χ2n) is 6.20. The number of nitrogens with one attached hydrogen (secondary N) is 1. The second-order valence-corrected chi connectivity index (χ2v) is 6.20. The molecular formula is C18H23Cl2N3O. The van der Waals surface area contributed by atoms with Crippen LogP contribution in [0.2, 0.25) is 0 Å². The number of aliphatic hydroxyl groups is 1. The Balaban J connectivity index is 0.00000144. The Morgan fingerprint density at radius 2 is 1.75 bits per heavy atom. The smallest absolute Gasteiger partial charge is 0.0653 e. The number of benzene rings is 2. The summed E-state index contributed by atoms with van der Waals surface area (Å²) in [5.41, 5.74) is 11.3. The summed E-state index contributed by atoms with van der Waals surface area (Å²) < 4.78 is 0. The molecule has 130 valence electrons. The highest BCUT2D eigenvalue weighted by Gasteiger charge is 2.15. The van der Waals surface area contributed by atoms with E-state index in [1.54, 1.807) is 0 Å². The first kappa shape index (κ1) is 20.5. The largest absolute Gasteiger partial charge is 0.396 e. The molecule has 24 heavy (non-hydrogen) atoms. The fourth-order valence-electron chi connectivity index (χ4n) is 2.81. The van der Waals surface area contributed by atoms with Crippen LogP contribution < -0.4 is 5.73 Å². The molecule has 2 aromatic carbocycles. The van der Waals surface area contributed by atoms with Gasteiger partial charge in [-0.05, 0) is 48.6 Å². The molecule has 0 aliphatic carbocycles. The van der Waals surface area contributed by atoms with Gasteiger partial charge in [0.2, 0.25) is 0 Å². The van der Waals surface area contributed by atoms with E-state index in [0.717, 1.165) is 33.2 Å². The van der Waals surface area contributed by atoms with E-state index in [2.05, 4.69) is 40.5 Å². The maximum absolute atomic E-state index is 9.39. The number of hydrogen-bond donors (Lipinski definition) is 3. The molecule has 6 heteroatoms. The molecule has 0 spiro atoms. The lowest BCUT2D eigenvalue weighted by Gasteiger charge is -2.19. The summed E-state index contributed by atoms with van der Waals surface area (Å²) in [5.74, 6) is 0. The van der Waals surface area contributed by atoms with E-state index >= 15 is 0 Å².